The van der Waals surface area contributed by atoms with E-state index < -0.39 is 0 Å². The molecule has 4 heterocycles. The van der Waals surface area contributed by atoms with Gasteiger partial charge in [-0.1, -0.05) is 121 Å². The van der Waals surface area contributed by atoms with Crippen molar-refractivity contribution in [2.45, 2.75) is 165 Å². The molecular weight excluding hydrogens is 984 g/mol. The van der Waals surface area contributed by atoms with Crippen LogP contribution in [0, 0.1) is 35.5 Å². The second-order valence-electron chi connectivity index (χ2n) is 30.8. The molecule has 9 aliphatic carbocycles. The molecule has 8 fully saturated rings. The molecule has 0 atom stereocenters. The molecule has 0 N–H and O–H groups in total. The van der Waals surface area contributed by atoms with Gasteiger partial charge in [0.2, 0.25) is 0 Å². The van der Waals surface area contributed by atoms with Gasteiger partial charge >= 0.3 is 6.85 Å². The highest BCUT2D eigenvalue weighted by molar-refractivity contribution is 7.26. The number of fused-ring (bicyclic) bond motifs is 10. The summed E-state index contributed by atoms with van der Waals surface area (Å²) in [6, 6.07) is 54.8. The van der Waals surface area contributed by atoms with Gasteiger partial charge < -0.3 is 9.38 Å². The van der Waals surface area contributed by atoms with Crippen LogP contribution in [-0.2, 0) is 27.1 Å². The molecule has 0 unspecified atom stereocenters. The molecule has 11 aliphatic rings. The lowest BCUT2D eigenvalue weighted by molar-refractivity contribution is -0.00527. The van der Waals surface area contributed by atoms with Crippen LogP contribution in [0.2, 0.25) is 0 Å². The average molecular weight is 1060 g/mol. The summed E-state index contributed by atoms with van der Waals surface area (Å²) in [7, 11) is 0. The third kappa shape index (κ3) is 6.61. The molecule has 7 aromatic carbocycles. The fourth-order valence-corrected chi connectivity index (χ4v) is 22.0. The van der Waals surface area contributed by atoms with Gasteiger partial charge in [-0.25, -0.2) is 0 Å². The van der Waals surface area contributed by atoms with E-state index in [2.05, 4.69) is 203 Å². The zero-order chi connectivity index (χ0) is 53.6. The summed E-state index contributed by atoms with van der Waals surface area (Å²) in [6.07, 6.45) is 19.5. The maximum atomic E-state index is 2.96. The summed E-state index contributed by atoms with van der Waals surface area (Å²) in [6.45, 7) is 17.2. The Bertz CT molecular complexity index is 4070. The van der Waals surface area contributed by atoms with Crippen LogP contribution in [-0.4, -0.2) is 11.3 Å². The molecule has 0 radical (unpaired) electrons. The highest BCUT2D eigenvalue weighted by atomic mass is 32.1. The van der Waals surface area contributed by atoms with Crippen LogP contribution in [0.1, 0.15) is 166 Å². The van der Waals surface area contributed by atoms with Crippen LogP contribution in [0.25, 0.3) is 65.3 Å². The van der Waals surface area contributed by atoms with Crippen LogP contribution >= 0.6 is 11.3 Å². The van der Waals surface area contributed by atoms with Gasteiger partial charge in [0.1, 0.15) is 0 Å². The molecule has 400 valence electrons. The lowest BCUT2D eigenvalue weighted by atomic mass is 9.44. The van der Waals surface area contributed by atoms with Crippen molar-refractivity contribution in [2.75, 3.05) is 4.90 Å². The lowest BCUT2D eigenvalue weighted by Gasteiger charge is -2.57. The molecule has 0 amide bonds. The minimum atomic E-state index is -0.0165. The summed E-state index contributed by atoms with van der Waals surface area (Å²) in [5.41, 5.74) is 25.1. The van der Waals surface area contributed by atoms with E-state index in [4.69, 9.17) is 0 Å². The monoisotopic (exact) mass is 1060 g/mol. The van der Waals surface area contributed by atoms with Crippen molar-refractivity contribution in [3.8, 4) is 33.4 Å². The predicted molar refractivity (Wildman–Crippen MR) is 340 cm³/mol. The molecule has 2 nitrogen and oxygen atoms in total. The maximum absolute atomic E-state index is 2.96. The first-order valence-electron chi connectivity index (χ1n) is 31.6. The van der Waals surface area contributed by atoms with Crippen LogP contribution in [0.5, 0.6) is 0 Å². The molecule has 0 saturated heterocycles. The average Bonchev–Trinajstić information content (AvgIpc) is 3.33. The highest BCUT2D eigenvalue weighted by Gasteiger charge is 2.55. The summed E-state index contributed by atoms with van der Waals surface area (Å²) in [4.78, 5) is 2.80. The van der Waals surface area contributed by atoms with Crippen LogP contribution in [0.3, 0.4) is 0 Å². The Morgan fingerprint density at radius 2 is 1.05 bits per heavy atom. The zero-order valence-electron chi connectivity index (χ0n) is 48.4. The number of nitrogens with zero attached hydrogens (tertiary/aromatic N) is 2. The molecule has 20 rings (SSSR count). The fourth-order valence-electron chi connectivity index (χ4n) is 20.7. The van der Waals surface area contributed by atoms with Crippen molar-refractivity contribution in [1.82, 2.24) is 4.48 Å². The van der Waals surface area contributed by atoms with Crippen molar-refractivity contribution >= 4 is 77.4 Å². The van der Waals surface area contributed by atoms with E-state index in [0.717, 1.165) is 35.5 Å². The van der Waals surface area contributed by atoms with E-state index in [0.29, 0.717) is 5.41 Å². The van der Waals surface area contributed by atoms with Crippen molar-refractivity contribution < 1.29 is 0 Å². The largest absolute Gasteiger partial charge is 0.375 e. The smallest absolute Gasteiger partial charge is 0.334 e. The van der Waals surface area contributed by atoms with Crippen LogP contribution in [0.4, 0.5) is 16.4 Å². The number of hydrogen-bond donors (Lipinski definition) is 0. The number of benzene rings is 7. The summed E-state index contributed by atoms with van der Waals surface area (Å²) in [5, 5.41) is 5.88. The normalized spacial score (nSPS) is 28.7. The molecule has 8 bridgehead atoms. The van der Waals surface area contributed by atoms with Crippen molar-refractivity contribution in [2.24, 2.45) is 35.5 Å². The van der Waals surface area contributed by atoms with Crippen molar-refractivity contribution in [3.63, 3.8) is 0 Å². The molecule has 9 aromatic rings. The number of anilines is 3. The Kier molecular flexibility index (Phi) is 9.57. The van der Waals surface area contributed by atoms with Crippen molar-refractivity contribution in [3.05, 3.63) is 161 Å². The Morgan fingerprint density at radius 1 is 0.475 bits per heavy atom. The predicted octanol–water partition coefficient (Wildman–Crippen LogP) is 19.3. The third-order valence-corrected chi connectivity index (χ3v) is 25.0. The lowest BCUT2D eigenvalue weighted by Crippen LogP contribution is -2.56. The third-order valence-electron chi connectivity index (χ3n) is 23.9. The van der Waals surface area contributed by atoms with Gasteiger partial charge in [0, 0.05) is 43.3 Å². The standard InChI is InChI=1S/C76H77BN2S/c1-72(2,3)53-18-20-64(56(32-53)51-16-12-9-13-17-51)78-66-31-52(50-14-10-8-11-15-50)30-58-60-35-55(76-41-47-27-48(42-76)29-49(28-47)43-76)34-59-57-33-54(75-38-44-24-45(39-75)26-46(25-44)40-75)19-21-65(57)79(70(59)60)77(68(58)66)69-61-36-62-63(37-67(61)80-71(69)78)74(6,7)23-22-73(62,4)5/h8-21,30-37,44-49H,22-29,38-43H2,1-7H3. The Morgan fingerprint density at radius 3 is 1.66 bits per heavy atom. The first-order chi connectivity index (χ1) is 38.6. The van der Waals surface area contributed by atoms with Crippen LogP contribution in [0.15, 0.2) is 133 Å². The van der Waals surface area contributed by atoms with Crippen molar-refractivity contribution in [1.29, 1.82) is 0 Å². The van der Waals surface area contributed by atoms with E-state index in [9.17, 15) is 0 Å². The Balaban J connectivity index is 0.988. The first-order valence-corrected chi connectivity index (χ1v) is 32.4. The number of hydrogen-bond acceptors (Lipinski definition) is 2. The summed E-state index contributed by atoms with van der Waals surface area (Å²) < 4.78 is 4.38. The Labute approximate surface area is 479 Å². The molecule has 0 spiro atoms. The first kappa shape index (κ1) is 47.8. The summed E-state index contributed by atoms with van der Waals surface area (Å²) >= 11 is 2.06. The molecule has 2 aromatic heterocycles. The minimum Gasteiger partial charge on any atom is -0.375 e. The van der Waals surface area contributed by atoms with Gasteiger partial charge in [-0.15, -0.1) is 11.3 Å². The number of thiophene rings is 1. The van der Waals surface area contributed by atoms with Gasteiger partial charge in [-0.2, -0.15) is 0 Å². The van der Waals surface area contributed by atoms with Gasteiger partial charge in [0.05, 0.1) is 10.7 Å². The highest BCUT2D eigenvalue weighted by Crippen LogP contribution is 2.64. The van der Waals surface area contributed by atoms with E-state index in [-0.39, 0.29) is 28.5 Å². The van der Waals surface area contributed by atoms with Gasteiger partial charge in [0.25, 0.3) is 0 Å². The second kappa shape index (κ2) is 16.0. The van der Waals surface area contributed by atoms with Gasteiger partial charge in [-0.3, -0.25) is 0 Å². The van der Waals surface area contributed by atoms with E-state index in [1.807, 2.05) is 0 Å². The summed E-state index contributed by atoms with van der Waals surface area (Å²) in [5.74, 6) is 5.35. The van der Waals surface area contributed by atoms with Gasteiger partial charge in [-0.05, 0) is 280 Å². The topological polar surface area (TPSA) is 8.17 Å². The van der Waals surface area contributed by atoms with E-state index >= 15 is 0 Å². The van der Waals surface area contributed by atoms with Crippen LogP contribution < -0.4 is 15.8 Å². The van der Waals surface area contributed by atoms with E-state index in [1.165, 1.54) is 188 Å². The Hall–Kier alpha value is -5.84. The number of rotatable bonds is 5. The number of aromatic nitrogens is 1. The SMILES string of the molecule is CC(C)(C)c1ccc(N2c3cc(-c4ccccc4)cc4c3B(c3c2sc2cc5c(cc32)C(C)(C)CCC5(C)C)n2c3ccc(C56CC7CC(CC(C7)C5)C6)cc3c3cc(C56CC7CC(CC(C7)C5)C6)cc-4c32)c(-c2ccccc2)c1. The zero-order valence-corrected chi connectivity index (χ0v) is 49.3. The molecule has 8 saturated carbocycles. The molecule has 2 aliphatic heterocycles. The fraction of sp³-hybridized carbons (Fsp3) is 0.421. The molecular formula is C76H77BN2S. The van der Waals surface area contributed by atoms with E-state index in [1.54, 1.807) is 22.3 Å². The quantitative estimate of drug-likeness (QED) is 0.156. The minimum absolute atomic E-state index is 0.0140. The van der Waals surface area contributed by atoms with Gasteiger partial charge in [0.15, 0.2) is 0 Å². The maximum Gasteiger partial charge on any atom is 0.334 e. The second-order valence-corrected chi connectivity index (χ2v) is 31.8. The molecule has 80 heavy (non-hydrogen) atoms. The molecule has 4 heteroatoms.